The molecule has 7 rings (SSSR count). The van der Waals surface area contributed by atoms with E-state index in [1.54, 1.807) is 17.4 Å². The number of allylic oxidation sites excluding steroid dienone is 1. The van der Waals surface area contributed by atoms with Crippen LogP contribution in [0.2, 0.25) is 10.0 Å². The molecule has 4 nitrogen and oxygen atoms in total. The van der Waals surface area contributed by atoms with Crippen LogP contribution < -0.4 is 4.90 Å². The molecule has 0 amide bonds. The van der Waals surface area contributed by atoms with Crippen molar-refractivity contribution in [2.75, 3.05) is 4.90 Å². The Morgan fingerprint density at radius 1 is 0.673 bits per heavy atom. The van der Waals surface area contributed by atoms with Gasteiger partial charge in [0.25, 0.3) is 0 Å². The van der Waals surface area contributed by atoms with Crippen LogP contribution in [0, 0.1) is 0 Å². The number of Topliss-reactive ketones (excluding diaryl/α,β-unsaturated/α-hetero) is 2. The Kier molecular flexibility index (Phi) is 7.86. The van der Waals surface area contributed by atoms with Gasteiger partial charge in [-0.2, -0.15) is 0 Å². The zero-order chi connectivity index (χ0) is 35.2. The van der Waals surface area contributed by atoms with Crippen molar-refractivity contribution in [3.8, 4) is 10.4 Å². The molecule has 0 radical (unpaired) electrons. The molecule has 49 heavy (non-hydrogen) atoms. The van der Waals surface area contributed by atoms with E-state index in [0.29, 0.717) is 11.1 Å². The number of hydrogen-bond donors (Lipinski definition) is 0. The number of carbonyl (C=O) groups excluding carboxylic acids is 2. The molecule has 0 fully saturated rings. The highest BCUT2D eigenvalue weighted by Gasteiger charge is 2.39. The summed E-state index contributed by atoms with van der Waals surface area (Å²) >= 11 is 14.0. The van der Waals surface area contributed by atoms with Crippen molar-refractivity contribution < 1.29 is 9.59 Å². The Bertz CT molecular complexity index is 2160. The molecule has 3 aromatic carbocycles. The molecule has 248 valence electrons. The average Bonchev–Trinajstić information content (AvgIpc) is 3.63. The van der Waals surface area contributed by atoms with Crippen LogP contribution in [0.1, 0.15) is 103 Å². The van der Waals surface area contributed by atoms with Crippen LogP contribution in [0.5, 0.6) is 0 Å². The average molecular weight is 706 g/mol. The number of fused-ring (bicyclic) bond motifs is 4. The van der Waals surface area contributed by atoms with Gasteiger partial charge >= 0.3 is 0 Å². The number of carbonyl (C=O) groups is 2. The van der Waals surface area contributed by atoms with E-state index < -0.39 is 0 Å². The van der Waals surface area contributed by atoms with Gasteiger partial charge in [0.15, 0.2) is 11.6 Å². The Labute approximate surface area is 302 Å². The molecule has 7 heteroatoms. The third-order valence-corrected chi connectivity index (χ3v) is 11.4. The fraction of sp³-hybridized carbons (Fsp3) is 0.262. The summed E-state index contributed by atoms with van der Waals surface area (Å²) < 4.78 is 0. The van der Waals surface area contributed by atoms with E-state index in [1.165, 1.54) is 23.3 Å². The number of pyridine rings is 1. The molecule has 0 bridgehead atoms. The number of nitrogens with zero attached hydrogens (tertiary/aromatic N) is 2. The number of para-hydroxylation sites is 1. The number of aromatic nitrogens is 1. The minimum absolute atomic E-state index is 0.129. The minimum atomic E-state index is -0.322. The predicted molar refractivity (Wildman–Crippen MR) is 205 cm³/mol. The van der Waals surface area contributed by atoms with E-state index in [2.05, 4.69) is 121 Å². The number of anilines is 3. The Hall–Kier alpha value is -4.03. The molecule has 0 atom stereocenters. The molecule has 0 spiro atoms. The second kappa shape index (κ2) is 11.5. The molecule has 0 aliphatic heterocycles. The van der Waals surface area contributed by atoms with E-state index in [-0.39, 0.29) is 43.4 Å². The SMILES string of the molecule is CC(C)(C)c1cc(N(c2ccccc2)c2ccc3c(c2)C(C)(C)c2cc(C=C4C(=O)c5cc(Cl)c(Cl)cc5C4=O)sc2-3)cc(C(C)(C)C)n1. The van der Waals surface area contributed by atoms with E-state index in [0.717, 1.165) is 43.8 Å². The fourth-order valence-electron chi connectivity index (χ4n) is 6.70. The standard InChI is InChI=1S/C42H38Cl2N2O2S/c1-40(2,3)35-17-25(18-36(45-35)41(4,5)6)46(23-12-10-9-11-13-23)24-14-15-27-31(16-24)42(7,8)32-20-26(49-39(27)32)19-30-37(47)28-21-33(43)34(44)22-29(28)38(30)48/h9-22H,1-8H3. The largest absolute Gasteiger partial charge is 0.310 e. The van der Waals surface area contributed by atoms with Crippen LogP contribution >= 0.6 is 34.5 Å². The lowest BCUT2D eigenvalue weighted by atomic mass is 9.82. The topological polar surface area (TPSA) is 50.3 Å². The van der Waals surface area contributed by atoms with Crippen molar-refractivity contribution in [1.29, 1.82) is 0 Å². The first kappa shape index (κ1) is 33.5. The molecule has 2 heterocycles. The highest BCUT2D eigenvalue weighted by molar-refractivity contribution is 7.16. The van der Waals surface area contributed by atoms with Crippen molar-refractivity contribution in [1.82, 2.24) is 4.98 Å². The molecule has 2 aromatic heterocycles. The molecule has 5 aromatic rings. The second-order valence-electron chi connectivity index (χ2n) is 15.5. The van der Waals surface area contributed by atoms with Crippen LogP contribution in [-0.4, -0.2) is 16.6 Å². The number of hydrogen-bond acceptors (Lipinski definition) is 5. The Morgan fingerprint density at radius 3 is 1.80 bits per heavy atom. The Balaban J connectivity index is 1.32. The minimum Gasteiger partial charge on any atom is -0.310 e. The van der Waals surface area contributed by atoms with E-state index in [4.69, 9.17) is 28.2 Å². The van der Waals surface area contributed by atoms with Gasteiger partial charge in [0.2, 0.25) is 0 Å². The summed E-state index contributed by atoms with van der Waals surface area (Å²) in [6, 6.07) is 26.8. The van der Waals surface area contributed by atoms with Gasteiger partial charge in [-0.1, -0.05) is 103 Å². The summed E-state index contributed by atoms with van der Waals surface area (Å²) in [6.45, 7) is 17.7. The molecule has 2 aliphatic rings. The van der Waals surface area contributed by atoms with Gasteiger partial charge < -0.3 is 4.90 Å². The second-order valence-corrected chi connectivity index (χ2v) is 17.4. The third-order valence-electron chi connectivity index (χ3n) is 9.55. The van der Waals surface area contributed by atoms with Crippen molar-refractivity contribution >= 4 is 69.2 Å². The predicted octanol–water partition coefficient (Wildman–Crippen LogP) is 12.3. The molecular weight excluding hydrogens is 667 g/mol. The smallest absolute Gasteiger partial charge is 0.197 e. The number of rotatable bonds is 4. The molecule has 0 saturated heterocycles. The van der Waals surface area contributed by atoms with Crippen LogP contribution in [0.3, 0.4) is 0 Å². The maximum atomic E-state index is 13.3. The van der Waals surface area contributed by atoms with Crippen LogP contribution in [0.4, 0.5) is 17.1 Å². The highest BCUT2D eigenvalue weighted by atomic mass is 35.5. The lowest BCUT2D eigenvalue weighted by Crippen LogP contribution is -2.22. The molecule has 0 unspecified atom stereocenters. The van der Waals surface area contributed by atoms with Crippen LogP contribution in [0.15, 0.2) is 84.4 Å². The Morgan fingerprint density at radius 2 is 1.24 bits per heavy atom. The summed E-state index contributed by atoms with van der Waals surface area (Å²) in [5, 5.41) is 0.518. The number of thiophene rings is 1. The molecule has 0 N–H and O–H groups in total. The van der Waals surface area contributed by atoms with Crippen LogP contribution in [-0.2, 0) is 16.2 Å². The number of benzene rings is 3. The first-order valence-electron chi connectivity index (χ1n) is 16.4. The first-order valence-corrected chi connectivity index (χ1v) is 18.0. The van der Waals surface area contributed by atoms with E-state index >= 15 is 0 Å². The lowest BCUT2D eigenvalue weighted by Gasteiger charge is -2.31. The summed E-state index contributed by atoms with van der Waals surface area (Å²) in [5.41, 5.74) is 9.07. The normalized spacial score (nSPS) is 14.9. The van der Waals surface area contributed by atoms with Gasteiger partial charge in [0, 0.05) is 65.6 Å². The quantitative estimate of drug-likeness (QED) is 0.138. The zero-order valence-corrected chi connectivity index (χ0v) is 31.3. The maximum Gasteiger partial charge on any atom is 0.197 e. The third kappa shape index (κ3) is 5.66. The molecular formula is C42H38Cl2N2O2S. The van der Waals surface area contributed by atoms with Gasteiger partial charge in [-0.05, 0) is 77.4 Å². The number of halogens is 2. The molecule has 2 aliphatic carbocycles. The van der Waals surface area contributed by atoms with Gasteiger partial charge in [-0.3, -0.25) is 14.6 Å². The summed E-state index contributed by atoms with van der Waals surface area (Å²) in [6.07, 6.45) is 1.72. The fourth-order valence-corrected chi connectivity index (χ4v) is 8.33. The first-order chi connectivity index (χ1) is 22.9. The highest BCUT2D eigenvalue weighted by Crippen LogP contribution is 2.54. The summed E-state index contributed by atoms with van der Waals surface area (Å²) in [5.74, 6) is -0.643. The van der Waals surface area contributed by atoms with E-state index in [1.807, 2.05) is 6.07 Å². The maximum absolute atomic E-state index is 13.3. The van der Waals surface area contributed by atoms with Gasteiger partial charge in [-0.15, -0.1) is 11.3 Å². The van der Waals surface area contributed by atoms with Crippen LogP contribution in [0.25, 0.3) is 16.5 Å². The van der Waals surface area contributed by atoms with Crippen molar-refractivity contribution in [3.63, 3.8) is 0 Å². The van der Waals surface area contributed by atoms with Gasteiger partial charge in [-0.25, -0.2) is 0 Å². The molecule has 0 saturated carbocycles. The number of ketones is 2. The summed E-state index contributed by atoms with van der Waals surface area (Å²) in [4.78, 5) is 36.0. The van der Waals surface area contributed by atoms with Crippen molar-refractivity contribution in [2.24, 2.45) is 0 Å². The van der Waals surface area contributed by atoms with Gasteiger partial charge in [0.1, 0.15) is 0 Å². The van der Waals surface area contributed by atoms with Crippen molar-refractivity contribution in [2.45, 2.75) is 71.6 Å². The zero-order valence-electron chi connectivity index (χ0n) is 29.0. The van der Waals surface area contributed by atoms with Crippen molar-refractivity contribution in [3.05, 3.63) is 133 Å². The van der Waals surface area contributed by atoms with Gasteiger partial charge in [0.05, 0.1) is 15.6 Å². The van der Waals surface area contributed by atoms with E-state index in [9.17, 15) is 9.59 Å². The monoisotopic (exact) mass is 704 g/mol. The summed E-state index contributed by atoms with van der Waals surface area (Å²) in [7, 11) is 0. The lowest BCUT2D eigenvalue weighted by molar-refractivity contribution is 0.0990.